The molecule has 0 unspecified atom stereocenters. The van der Waals surface area contributed by atoms with Crippen LogP contribution in [0.5, 0.6) is 0 Å². The zero-order valence-electron chi connectivity index (χ0n) is 28.8. The maximum absolute atomic E-state index is 4.87. The molecule has 1 aliphatic rings. The summed E-state index contributed by atoms with van der Waals surface area (Å²) in [5.41, 5.74) is 11.9. The first-order valence-corrected chi connectivity index (χ1v) is 16.9. The second-order valence-corrected chi connectivity index (χ2v) is 12.6. The van der Waals surface area contributed by atoms with E-state index in [9.17, 15) is 0 Å². The highest BCUT2D eigenvalue weighted by atomic mass is 15.2. The van der Waals surface area contributed by atoms with Crippen LogP contribution in [0.4, 0.5) is 0 Å². The van der Waals surface area contributed by atoms with Gasteiger partial charge in [-0.25, -0.2) is 9.98 Å². The summed E-state index contributed by atoms with van der Waals surface area (Å²) in [6.45, 7) is 11.4. The summed E-state index contributed by atoms with van der Waals surface area (Å²) in [7, 11) is 4.13. The van der Waals surface area contributed by atoms with E-state index in [1.807, 2.05) is 24.3 Å². The molecule has 0 N–H and O–H groups in total. The van der Waals surface area contributed by atoms with Crippen molar-refractivity contribution in [2.75, 3.05) is 13.6 Å². The van der Waals surface area contributed by atoms with Crippen molar-refractivity contribution in [3.63, 3.8) is 0 Å². The molecule has 0 spiro atoms. The minimum atomic E-state index is 0.723. The van der Waals surface area contributed by atoms with E-state index >= 15 is 0 Å². The number of aliphatic imine (C=N–C) groups is 1. The summed E-state index contributed by atoms with van der Waals surface area (Å²) in [6, 6.07) is 40.8. The Kier molecular flexibility index (Phi) is 9.09. The lowest BCUT2D eigenvalue weighted by Gasteiger charge is -2.20. The van der Waals surface area contributed by atoms with Gasteiger partial charge >= 0.3 is 0 Å². The number of para-hydroxylation sites is 2. The molecule has 244 valence electrons. The quantitative estimate of drug-likeness (QED) is 0.181. The lowest BCUT2D eigenvalue weighted by Crippen LogP contribution is -2.28. The molecule has 0 amide bonds. The number of hydrogen-bond donors (Lipinski definition) is 0. The zero-order valence-corrected chi connectivity index (χ0v) is 28.8. The molecule has 0 fully saturated rings. The first kappa shape index (κ1) is 32.3. The Labute approximate surface area is 294 Å². The molecule has 1 aromatic heterocycles. The number of nitrogens with zero attached hydrogens (tertiary/aromatic N) is 4. The topological polar surface area (TPSA) is 33.4 Å². The molecule has 0 aliphatic carbocycles. The lowest BCUT2D eigenvalue weighted by atomic mass is 9.93. The summed E-state index contributed by atoms with van der Waals surface area (Å²) < 4.78 is 2.15. The van der Waals surface area contributed by atoms with Crippen LogP contribution in [0.3, 0.4) is 0 Å². The first-order chi connectivity index (χ1) is 24.4. The second kappa shape index (κ2) is 14.1. The van der Waals surface area contributed by atoms with Gasteiger partial charge in [-0.3, -0.25) is 0 Å². The van der Waals surface area contributed by atoms with Crippen molar-refractivity contribution in [2.24, 2.45) is 12.0 Å². The van der Waals surface area contributed by atoms with Crippen molar-refractivity contribution in [1.29, 1.82) is 0 Å². The second-order valence-electron chi connectivity index (χ2n) is 12.6. The predicted molar refractivity (Wildman–Crippen MR) is 212 cm³/mol. The van der Waals surface area contributed by atoms with E-state index in [1.165, 1.54) is 0 Å². The van der Waals surface area contributed by atoms with Gasteiger partial charge in [0.25, 0.3) is 0 Å². The van der Waals surface area contributed by atoms with Crippen molar-refractivity contribution in [1.82, 2.24) is 14.5 Å². The number of hydrogen-bond acceptors (Lipinski definition) is 3. The number of likely N-dealkylation sites (N-methyl/N-ethyl adjacent to an activating group) is 1. The highest BCUT2D eigenvalue weighted by molar-refractivity contribution is 6.00. The molecule has 0 saturated heterocycles. The molecule has 6 aromatic rings. The maximum Gasteiger partial charge on any atom is 0.140 e. The van der Waals surface area contributed by atoms with E-state index in [2.05, 4.69) is 171 Å². The number of imidazole rings is 1. The Morgan fingerprint density at radius 2 is 1.36 bits per heavy atom. The summed E-state index contributed by atoms with van der Waals surface area (Å²) in [6.07, 6.45) is 12.3. The van der Waals surface area contributed by atoms with Crippen LogP contribution in [-0.4, -0.2) is 33.9 Å². The van der Waals surface area contributed by atoms with E-state index in [-0.39, 0.29) is 0 Å². The molecule has 2 heterocycles. The third-order valence-electron chi connectivity index (χ3n) is 9.19. The standard InChI is InChI=1S/C46H40N4/c1-6-13-40(36-25-29-38(30-26-36)45-47-33(3)15-8-7-11-31-49(45)4)44-32(2)14-12-16-41(44)37-23-19-34(20-24-37)35-21-27-39(28-22-35)46-48-42-17-9-10-18-43(42)50(46)5/h6-30H,2-3,31H2,1,4-5H3/b11-7-,13-6-,15-8-,44-40-,47-45?. The fourth-order valence-corrected chi connectivity index (χ4v) is 6.60. The average molecular weight is 649 g/mol. The van der Waals surface area contributed by atoms with Gasteiger partial charge in [0.05, 0.1) is 16.7 Å². The number of aromatic nitrogens is 2. The third kappa shape index (κ3) is 6.44. The Morgan fingerprint density at radius 1 is 0.700 bits per heavy atom. The van der Waals surface area contributed by atoms with Gasteiger partial charge in [-0.15, -0.1) is 0 Å². The zero-order chi connectivity index (χ0) is 34.6. The lowest BCUT2D eigenvalue weighted by molar-refractivity contribution is 0.565. The smallest absolute Gasteiger partial charge is 0.140 e. The monoisotopic (exact) mass is 648 g/mol. The molecule has 0 radical (unpaired) electrons. The molecule has 0 atom stereocenters. The Balaban J connectivity index is 1.22. The van der Waals surface area contributed by atoms with Crippen LogP contribution in [0.25, 0.3) is 56.8 Å². The number of benzene rings is 5. The fourth-order valence-electron chi connectivity index (χ4n) is 6.60. The van der Waals surface area contributed by atoms with E-state index in [4.69, 9.17) is 9.98 Å². The predicted octanol–water partition coefficient (Wildman–Crippen LogP) is 9.08. The van der Waals surface area contributed by atoms with Crippen LogP contribution in [0, 0.1) is 0 Å². The van der Waals surface area contributed by atoms with Gasteiger partial charge in [-0.05, 0) is 69.0 Å². The van der Waals surface area contributed by atoms with Gasteiger partial charge in [0.1, 0.15) is 11.7 Å². The summed E-state index contributed by atoms with van der Waals surface area (Å²) in [5.74, 6) is 1.86. The number of fused-ring (bicyclic) bond motifs is 1. The molecular weight excluding hydrogens is 609 g/mol. The van der Waals surface area contributed by atoms with Crippen molar-refractivity contribution < 1.29 is 0 Å². The van der Waals surface area contributed by atoms with Crippen LogP contribution >= 0.6 is 0 Å². The van der Waals surface area contributed by atoms with Gasteiger partial charge < -0.3 is 9.47 Å². The Morgan fingerprint density at radius 3 is 2.06 bits per heavy atom. The average Bonchev–Trinajstić information content (AvgIpc) is 3.52. The SMILES string of the molecule is C=C1/C=C\C=C/CN(C)C(c2ccc(C(/C=C\C)=c3\c(-c4ccc(-c5ccc(-c6nc7ccccc7n6C)cc5)cc4)cccc3=C)cc2)=N1. The Bertz CT molecular complexity index is 2440. The van der Waals surface area contributed by atoms with Gasteiger partial charge in [-0.1, -0.05) is 147 Å². The van der Waals surface area contributed by atoms with Crippen LogP contribution in [0.15, 0.2) is 169 Å². The minimum absolute atomic E-state index is 0.723. The van der Waals surface area contributed by atoms with Crippen LogP contribution < -0.4 is 10.4 Å². The van der Waals surface area contributed by atoms with Crippen molar-refractivity contribution in [3.05, 3.63) is 186 Å². The number of aryl methyl sites for hydroxylation is 1. The first-order valence-electron chi connectivity index (χ1n) is 16.9. The number of rotatable bonds is 6. The highest BCUT2D eigenvalue weighted by Gasteiger charge is 2.13. The van der Waals surface area contributed by atoms with Crippen molar-refractivity contribution in [3.8, 4) is 33.6 Å². The van der Waals surface area contributed by atoms with Crippen molar-refractivity contribution in [2.45, 2.75) is 6.92 Å². The van der Waals surface area contributed by atoms with Gasteiger partial charge in [0.15, 0.2) is 0 Å². The van der Waals surface area contributed by atoms with Gasteiger partial charge in [0, 0.05) is 31.8 Å². The molecule has 50 heavy (non-hydrogen) atoms. The van der Waals surface area contributed by atoms with Gasteiger partial charge in [-0.2, -0.15) is 0 Å². The number of allylic oxidation sites excluding steroid dienone is 5. The molecule has 0 bridgehead atoms. The summed E-state index contributed by atoms with van der Waals surface area (Å²) >= 11 is 0. The number of amidine groups is 1. The Hall–Kier alpha value is -6.26. The molecule has 4 nitrogen and oxygen atoms in total. The highest BCUT2D eigenvalue weighted by Crippen LogP contribution is 2.28. The molecule has 7 rings (SSSR count). The summed E-state index contributed by atoms with van der Waals surface area (Å²) in [4.78, 5) is 11.8. The minimum Gasteiger partial charge on any atom is -0.355 e. The molecule has 4 heteroatoms. The van der Waals surface area contributed by atoms with E-state index in [0.717, 1.165) is 89.9 Å². The fraction of sp³-hybridized carbons (Fsp3) is 0.0870. The van der Waals surface area contributed by atoms with Crippen molar-refractivity contribution >= 4 is 29.0 Å². The molecular formula is C46H40N4. The van der Waals surface area contributed by atoms with E-state index in [0.29, 0.717) is 0 Å². The third-order valence-corrected chi connectivity index (χ3v) is 9.19. The van der Waals surface area contributed by atoms with Crippen LogP contribution in [-0.2, 0) is 7.05 Å². The molecule has 1 aliphatic heterocycles. The normalized spacial score (nSPS) is 15.4. The summed E-state index contributed by atoms with van der Waals surface area (Å²) in [5, 5.41) is 2.11. The molecule has 0 saturated carbocycles. The van der Waals surface area contributed by atoms with Crippen LogP contribution in [0.2, 0.25) is 0 Å². The largest absolute Gasteiger partial charge is 0.355 e. The van der Waals surface area contributed by atoms with E-state index < -0.39 is 0 Å². The van der Waals surface area contributed by atoms with E-state index in [1.54, 1.807) is 0 Å². The van der Waals surface area contributed by atoms with Gasteiger partial charge in [0.2, 0.25) is 0 Å². The maximum atomic E-state index is 4.87. The molecule has 5 aromatic carbocycles. The van der Waals surface area contributed by atoms with Crippen LogP contribution in [0.1, 0.15) is 18.1 Å².